The highest BCUT2D eigenvalue weighted by molar-refractivity contribution is 6.28. The van der Waals surface area contributed by atoms with Gasteiger partial charge < -0.3 is 10.3 Å². The van der Waals surface area contributed by atoms with E-state index in [1.54, 1.807) is 0 Å². The fourth-order valence-corrected chi connectivity index (χ4v) is 2.54. The van der Waals surface area contributed by atoms with Crippen LogP contribution in [0.4, 0.5) is 0 Å². The molecule has 78 valence electrons. The molecule has 1 unspecified atom stereocenters. The predicted molar refractivity (Wildman–Crippen MR) is 57.5 cm³/mol. The second kappa shape index (κ2) is 3.91. The van der Waals surface area contributed by atoms with Gasteiger partial charge in [-0.3, -0.25) is 0 Å². The summed E-state index contributed by atoms with van der Waals surface area (Å²) in [6.45, 7) is 3.81. The number of halogens is 1. The number of aromatic nitrogens is 2. The van der Waals surface area contributed by atoms with Crippen molar-refractivity contribution >= 4 is 11.6 Å². The number of imidazole rings is 1. The molecule has 0 saturated carbocycles. The van der Waals surface area contributed by atoms with E-state index < -0.39 is 0 Å². The Balaban J connectivity index is 2.21. The lowest BCUT2D eigenvalue weighted by atomic mass is 9.92. The van der Waals surface area contributed by atoms with E-state index in [0.29, 0.717) is 5.28 Å². The fourth-order valence-electron chi connectivity index (χ4n) is 2.22. The van der Waals surface area contributed by atoms with E-state index in [0.717, 1.165) is 37.5 Å². The van der Waals surface area contributed by atoms with Gasteiger partial charge in [0, 0.05) is 12.2 Å². The molecule has 2 heterocycles. The molecule has 0 saturated heterocycles. The topological polar surface area (TPSA) is 43.8 Å². The first-order chi connectivity index (χ1) is 6.72. The zero-order valence-electron chi connectivity index (χ0n) is 8.46. The maximum Gasteiger partial charge on any atom is 0.203 e. The van der Waals surface area contributed by atoms with Crippen LogP contribution in [0.2, 0.25) is 5.28 Å². The van der Waals surface area contributed by atoms with E-state index in [2.05, 4.69) is 9.55 Å². The molecular formula is C10H16ClN3. The minimum absolute atomic E-state index is 0.642. The quantitative estimate of drug-likeness (QED) is 0.814. The van der Waals surface area contributed by atoms with Crippen molar-refractivity contribution in [1.29, 1.82) is 0 Å². The van der Waals surface area contributed by atoms with Gasteiger partial charge >= 0.3 is 0 Å². The van der Waals surface area contributed by atoms with E-state index in [4.69, 9.17) is 17.3 Å². The molecule has 2 rings (SSSR count). The molecule has 0 aliphatic carbocycles. The largest absolute Gasteiger partial charge is 0.330 e. The van der Waals surface area contributed by atoms with E-state index in [1.165, 1.54) is 12.1 Å². The van der Waals surface area contributed by atoms with E-state index >= 15 is 0 Å². The number of hydrogen-bond acceptors (Lipinski definition) is 2. The molecule has 3 nitrogen and oxygen atoms in total. The van der Waals surface area contributed by atoms with Crippen LogP contribution in [0.1, 0.15) is 24.2 Å². The maximum absolute atomic E-state index is 6.01. The average Bonchev–Trinajstić information content (AvgIpc) is 2.43. The second-order valence-corrected chi connectivity index (χ2v) is 4.34. The summed E-state index contributed by atoms with van der Waals surface area (Å²) >= 11 is 6.01. The van der Waals surface area contributed by atoms with Crippen LogP contribution in [0, 0.1) is 12.8 Å². The summed E-state index contributed by atoms with van der Waals surface area (Å²) in [6.07, 6.45) is 3.38. The minimum Gasteiger partial charge on any atom is -0.330 e. The maximum atomic E-state index is 6.01. The Morgan fingerprint density at radius 2 is 2.43 bits per heavy atom. The van der Waals surface area contributed by atoms with Gasteiger partial charge in [0.2, 0.25) is 5.28 Å². The third-order valence-corrected chi connectivity index (χ3v) is 3.33. The number of nitrogens with two attached hydrogens (primary N) is 1. The normalized spacial score (nSPS) is 20.9. The first-order valence-corrected chi connectivity index (χ1v) is 5.51. The van der Waals surface area contributed by atoms with Crippen molar-refractivity contribution in [3.63, 3.8) is 0 Å². The van der Waals surface area contributed by atoms with Crippen LogP contribution < -0.4 is 5.73 Å². The van der Waals surface area contributed by atoms with Crippen LogP contribution in [-0.2, 0) is 13.0 Å². The second-order valence-electron chi connectivity index (χ2n) is 4.00. The lowest BCUT2D eigenvalue weighted by molar-refractivity contribution is 0.371. The van der Waals surface area contributed by atoms with E-state index in [-0.39, 0.29) is 0 Å². The zero-order chi connectivity index (χ0) is 10.1. The molecule has 1 aliphatic rings. The van der Waals surface area contributed by atoms with Crippen LogP contribution in [0.15, 0.2) is 0 Å². The molecular weight excluding hydrogens is 198 g/mol. The van der Waals surface area contributed by atoms with Crippen molar-refractivity contribution in [1.82, 2.24) is 9.55 Å². The molecule has 14 heavy (non-hydrogen) atoms. The number of nitrogens with zero attached hydrogens (tertiary/aromatic N) is 2. The zero-order valence-corrected chi connectivity index (χ0v) is 9.22. The monoisotopic (exact) mass is 213 g/mol. The van der Waals surface area contributed by atoms with Gasteiger partial charge in [-0.1, -0.05) is 0 Å². The number of aryl methyl sites for hydroxylation is 1. The van der Waals surface area contributed by atoms with Gasteiger partial charge in [0.1, 0.15) is 0 Å². The minimum atomic E-state index is 0.642. The molecule has 0 aromatic carbocycles. The van der Waals surface area contributed by atoms with Crippen LogP contribution >= 0.6 is 11.6 Å². The molecule has 4 heteroatoms. The summed E-state index contributed by atoms with van der Waals surface area (Å²) in [5.74, 6) is 0.721. The summed E-state index contributed by atoms with van der Waals surface area (Å²) in [5.41, 5.74) is 7.96. The Morgan fingerprint density at radius 1 is 1.64 bits per heavy atom. The summed E-state index contributed by atoms with van der Waals surface area (Å²) < 4.78 is 2.13. The molecule has 1 aromatic rings. The van der Waals surface area contributed by atoms with Crippen LogP contribution in [0.25, 0.3) is 0 Å². The number of fused-ring (bicyclic) bond motifs is 1. The van der Waals surface area contributed by atoms with Gasteiger partial charge in [-0.05, 0) is 50.2 Å². The highest BCUT2D eigenvalue weighted by Crippen LogP contribution is 2.27. The summed E-state index contributed by atoms with van der Waals surface area (Å²) in [5, 5.41) is 0.642. The standard InChI is InChI=1S/C10H16ClN3/c1-7-9-6-8(2-4-12)3-5-14(9)10(11)13-7/h8H,2-6,12H2,1H3. The van der Waals surface area contributed by atoms with Gasteiger partial charge in [0.15, 0.2) is 0 Å². The van der Waals surface area contributed by atoms with Crippen molar-refractivity contribution in [3.8, 4) is 0 Å². The van der Waals surface area contributed by atoms with Crippen molar-refractivity contribution < 1.29 is 0 Å². The Morgan fingerprint density at radius 3 is 3.14 bits per heavy atom. The predicted octanol–water partition coefficient (Wildman–Crippen LogP) is 1.76. The molecule has 1 atom stereocenters. The third kappa shape index (κ3) is 1.66. The molecule has 0 amide bonds. The van der Waals surface area contributed by atoms with Gasteiger partial charge in [0.25, 0.3) is 0 Å². The Hall–Kier alpha value is -0.540. The lowest BCUT2D eigenvalue weighted by Gasteiger charge is -2.24. The first kappa shape index (κ1) is 9.99. The highest BCUT2D eigenvalue weighted by atomic mass is 35.5. The lowest BCUT2D eigenvalue weighted by Crippen LogP contribution is -2.21. The molecule has 0 fully saturated rings. The molecule has 0 radical (unpaired) electrons. The molecule has 2 N–H and O–H groups in total. The van der Waals surface area contributed by atoms with Crippen LogP contribution in [0.5, 0.6) is 0 Å². The van der Waals surface area contributed by atoms with Crippen molar-refractivity contribution in [2.45, 2.75) is 32.7 Å². The van der Waals surface area contributed by atoms with Crippen molar-refractivity contribution in [3.05, 3.63) is 16.7 Å². The first-order valence-electron chi connectivity index (χ1n) is 5.14. The fraction of sp³-hybridized carbons (Fsp3) is 0.700. The molecule has 0 spiro atoms. The van der Waals surface area contributed by atoms with Gasteiger partial charge in [0.05, 0.1) is 5.69 Å². The van der Waals surface area contributed by atoms with Gasteiger partial charge in [-0.25, -0.2) is 4.98 Å². The SMILES string of the molecule is Cc1nc(Cl)n2c1CC(CCN)CC2. The molecule has 1 aliphatic heterocycles. The molecule has 0 bridgehead atoms. The smallest absolute Gasteiger partial charge is 0.203 e. The number of hydrogen-bond donors (Lipinski definition) is 1. The Labute approximate surface area is 89.3 Å². The van der Waals surface area contributed by atoms with Crippen LogP contribution in [0.3, 0.4) is 0 Å². The van der Waals surface area contributed by atoms with Crippen molar-refractivity contribution in [2.75, 3.05) is 6.54 Å². The molecule has 1 aromatic heterocycles. The van der Waals surface area contributed by atoms with Gasteiger partial charge in [-0.15, -0.1) is 0 Å². The number of rotatable bonds is 2. The van der Waals surface area contributed by atoms with Crippen molar-refractivity contribution in [2.24, 2.45) is 11.7 Å². The summed E-state index contributed by atoms with van der Waals surface area (Å²) in [4.78, 5) is 4.28. The van der Waals surface area contributed by atoms with E-state index in [9.17, 15) is 0 Å². The van der Waals surface area contributed by atoms with Gasteiger partial charge in [-0.2, -0.15) is 0 Å². The summed E-state index contributed by atoms with van der Waals surface area (Å²) in [7, 11) is 0. The summed E-state index contributed by atoms with van der Waals surface area (Å²) in [6, 6.07) is 0. The highest BCUT2D eigenvalue weighted by Gasteiger charge is 2.22. The van der Waals surface area contributed by atoms with Crippen LogP contribution in [-0.4, -0.2) is 16.1 Å². The third-order valence-electron chi connectivity index (χ3n) is 3.04. The Kier molecular flexibility index (Phi) is 2.79. The Bertz CT molecular complexity index is 332. The van der Waals surface area contributed by atoms with E-state index in [1.807, 2.05) is 6.92 Å². The average molecular weight is 214 g/mol.